The molecule has 2 amide bonds. The highest BCUT2D eigenvalue weighted by Crippen LogP contribution is 2.21. The number of anilines is 1. The summed E-state index contributed by atoms with van der Waals surface area (Å²) in [7, 11) is -3.67. The van der Waals surface area contributed by atoms with Crippen molar-refractivity contribution in [2.45, 2.75) is 52.6 Å². The lowest BCUT2D eigenvalue weighted by Crippen LogP contribution is -2.51. The first kappa shape index (κ1) is 31.8. The van der Waals surface area contributed by atoms with Crippen molar-refractivity contribution in [2.75, 3.05) is 23.7 Å². The molecule has 0 aliphatic heterocycles. The molecule has 0 aromatic heterocycles. The van der Waals surface area contributed by atoms with Crippen molar-refractivity contribution in [1.82, 2.24) is 10.2 Å². The molecule has 0 bridgehead atoms. The molecular formula is C32H40FN3O4S. The number of hydrogen-bond acceptors (Lipinski definition) is 4. The number of amides is 2. The molecule has 9 heteroatoms. The van der Waals surface area contributed by atoms with Gasteiger partial charge in [-0.05, 0) is 54.7 Å². The molecule has 3 aromatic rings. The van der Waals surface area contributed by atoms with Crippen LogP contribution in [-0.2, 0) is 32.6 Å². The molecule has 220 valence electrons. The fourth-order valence-corrected chi connectivity index (χ4v) is 5.44. The molecule has 1 N–H and O–H groups in total. The lowest BCUT2D eigenvalue weighted by molar-refractivity contribution is -0.141. The molecule has 41 heavy (non-hydrogen) atoms. The summed E-state index contributed by atoms with van der Waals surface area (Å²) < 4.78 is 39.6. The van der Waals surface area contributed by atoms with E-state index in [4.69, 9.17) is 0 Å². The second-order valence-corrected chi connectivity index (χ2v) is 12.7. The zero-order valence-corrected chi connectivity index (χ0v) is 25.0. The number of hydrogen-bond donors (Lipinski definition) is 1. The van der Waals surface area contributed by atoms with E-state index in [1.807, 2.05) is 75.4 Å². The number of benzene rings is 3. The Kier molecular flexibility index (Phi) is 11.5. The summed E-state index contributed by atoms with van der Waals surface area (Å²) in [6, 6.07) is 21.8. The Bertz CT molecular complexity index is 1380. The van der Waals surface area contributed by atoms with Crippen LogP contribution in [0.5, 0.6) is 0 Å². The van der Waals surface area contributed by atoms with Crippen molar-refractivity contribution in [3.8, 4) is 0 Å². The van der Waals surface area contributed by atoms with E-state index in [0.717, 1.165) is 22.9 Å². The van der Waals surface area contributed by atoms with E-state index in [0.29, 0.717) is 18.7 Å². The van der Waals surface area contributed by atoms with Gasteiger partial charge in [-0.25, -0.2) is 12.8 Å². The maximum atomic E-state index is 13.8. The first-order valence-electron chi connectivity index (χ1n) is 13.8. The third kappa shape index (κ3) is 10.0. The Labute approximate surface area is 243 Å². The summed E-state index contributed by atoms with van der Waals surface area (Å²) >= 11 is 0. The molecule has 0 fully saturated rings. The zero-order chi connectivity index (χ0) is 30.0. The van der Waals surface area contributed by atoms with Gasteiger partial charge in [0.1, 0.15) is 11.9 Å². The predicted octanol–water partition coefficient (Wildman–Crippen LogP) is 5.09. The number of carbonyl (C=O) groups is 2. The maximum Gasteiger partial charge on any atom is 0.243 e. The normalized spacial score (nSPS) is 12.1. The van der Waals surface area contributed by atoms with E-state index < -0.39 is 21.9 Å². The van der Waals surface area contributed by atoms with Gasteiger partial charge in [0.15, 0.2) is 0 Å². The van der Waals surface area contributed by atoms with Crippen LogP contribution in [0.1, 0.15) is 43.4 Å². The van der Waals surface area contributed by atoms with Gasteiger partial charge < -0.3 is 10.2 Å². The second-order valence-electron chi connectivity index (χ2n) is 10.8. The van der Waals surface area contributed by atoms with Crippen LogP contribution >= 0.6 is 0 Å². The minimum atomic E-state index is -3.67. The molecular weight excluding hydrogens is 541 g/mol. The van der Waals surface area contributed by atoms with Gasteiger partial charge in [0.25, 0.3) is 0 Å². The number of nitrogens with one attached hydrogen (secondary N) is 1. The highest BCUT2D eigenvalue weighted by Gasteiger charge is 2.30. The van der Waals surface area contributed by atoms with Gasteiger partial charge in [0.2, 0.25) is 21.8 Å². The number of aryl methyl sites for hydroxylation is 1. The average Bonchev–Trinajstić information content (AvgIpc) is 2.93. The monoisotopic (exact) mass is 581 g/mol. The fraction of sp³-hybridized carbons (Fsp3) is 0.375. The first-order chi connectivity index (χ1) is 19.4. The van der Waals surface area contributed by atoms with Crippen LogP contribution in [0.4, 0.5) is 10.1 Å². The minimum absolute atomic E-state index is 0.0296. The number of halogens is 1. The minimum Gasteiger partial charge on any atom is -0.354 e. The van der Waals surface area contributed by atoms with Crippen molar-refractivity contribution < 1.29 is 22.4 Å². The van der Waals surface area contributed by atoms with Crippen molar-refractivity contribution >= 4 is 27.5 Å². The summed E-state index contributed by atoms with van der Waals surface area (Å²) in [5, 5.41) is 3.00. The molecule has 0 heterocycles. The average molecular weight is 582 g/mol. The molecule has 0 spiro atoms. The molecule has 3 aromatic carbocycles. The van der Waals surface area contributed by atoms with E-state index in [2.05, 4.69) is 5.32 Å². The Balaban J connectivity index is 1.87. The summed E-state index contributed by atoms with van der Waals surface area (Å²) in [6.07, 6.45) is 1.67. The van der Waals surface area contributed by atoms with Crippen LogP contribution in [-0.4, -0.2) is 50.5 Å². The number of carbonyl (C=O) groups excluding carboxylic acids is 2. The molecule has 0 aliphatic carbocycles. The molecule has 1 unspecified atom stereocenters. The Hall–Kier alpha value is -3.72. The summed E-state index contributed by atoms with van der Waals surface area (Å²) in [4.78, 5) is 29.0. The summed E-state index contributed by atoms with van der Waals surface area (Å²) in [5.41, 5.74) is 3.23. The molecule has 3 rings (SSSR count). The van der Waals surface area contributed by atoms with Crippen LogP contribution < -0.4 is 9.62 Å². The predicted molar refractivity (Wildman–Crippen MR) is 161 cm³/mol. The van der Waals surface area contributed by atoms with Crippen molar-refractivity contribution in [2.24, 2.45) is 5.92 Å². The Morgan fingerprint density at radius 3 is 2.12 bits per heavy atom. The van der Waals surface area contributed by atoms with Gasteiger partial charge in [0, 0.05) is 32.5 Å². The quantitative estimate of drug-likeness (QED) is 0.287. The van der Waals surface area contributed by atoms with Gasteiger partial charge in [-0.15, -0.1) is 0 Å². The molecule has 7 nitrogen and oxygen atoms in total. The molecule has 0 saturated carbocycles. The van der Waals surface area contributed by atoms with Crippen molar-refractivity contribution in [3.05, 3.63) is 101 Å². The van der Waals surface area contributed by atoms with Gasteiger partial charge in [-0.2, -0.15) is 0 Å². The van der Waals surface area contributed by atoms with Gasteiger partial charge in [0.05, 0.1) is 11.9 Å². The van der Waals surface area contributed by atoms with Gasteiger partial charge >= 0.3 is 0 Å². The van der Waals surface area contributed by atoms with E-state index in [-0.39, 0.29) is 43.7 Å². The third-order valence-corrected chi connectivity index (χ3v) is 7.89. The Morgan fingerprint density at radius 2 is 1.54 bits per heavy atom. The molecule has 0 radical (unpaired) electrons. The fourth-order valence-electron chi connectivity index (χ4n) is 4.48. The van der Waals surface area contributed by atoms with Crippen molar-refractivity contribution in [1.29, 1.82) is 0 Å². The van der Waals surface area contributed by atoms with E-state index >= 15 is 0 Å². The van der Waals surface area contributed by atoms with Crippen molar-refractivity contribution in [3.63, 3.8) is 0 Å². The number of rotatable bonds is 14. The largest absolute Gasteiger partial charge is 0.354 e. The smallest absolute Gasteiger partial charge is 0.243 e. The number of sulfonamides is 1. The van der Waals surface area contributed by atoms with Crippen LogP contribution in [0.2, 0.25) is 0 Å². The standard InChI is InChI=1S/C32H40FN3O4S/c1-24(2)22-34-32(38)30(21-26-9-6-5-7-10-26)35(23-27-14-12-25(3)13-15-27)31(37)11-8-20-36(41(4,39)40)29-18-16-28(33)17-19-29/h5-7,9-10,12-19,24,30H,8,11,20-23H2,1-4H3,(H,34,38). The molecule has 0 saturated heterocycles. The van der Waals surface area contributed by atoms with Crippen LogP contribution in [0.3, 0.4) is 0 Å². The highest BCUT2D eigenvalue weighted by atomic mass is 32.2. The first-order valence-corrected chi connectivity index (χ1v) is 15.7. The third-order valence-electron chi connectivity index (χ3n) is 6.70. The van der Waals surface area contributed by atoms with Crippen LogP contribution in [0.25, 0.3) is 0 Å². The van der Waals surface area contributed by atoms with E-state index in [1.165, 1.54) is 28.6 Å². The zero-order valence-electron chi connectivity index (χ0n) is 24.2. The van der Waals surface area contributed by atoms with E-state index in [1.54, 1.807) is 4.90 Å². The maximum absolute atomic E-state index is 13.8. The second kappa shape index (κ2) is 14.8. The SMILES string of the molecule is Cc1ccc(CN(C(=O)CCCN(c2ccc(F)cc2)S(C)(=O)=O)C(Cc2ccccc2)C(=O)NCC(C)C)cc1. The lowest BCUT2D eigenvalue weighted by atomic mass is 10.0. The number of nitrogens with zero attached hydrogens (tertiary/aromatic N) is 2. The molecule has 1 atom stereocenters. The lowest BCUT2D eigenvalue weighted by Gasteiger charge is -2.32. The summed E-state index contributed by atoms with van der Waals surface area (Å²) in [6.45, 7) is 6.76. The Morgan fingerprint density at radius 1 is 0.902 bits per heavy atom. The van der Waals surface area contributed by atoms with Gasteiger partial charge in [-0.3, -0.25) is 13.9 Å². The highest BCUT2D eigenvalue weighted by molar-refractivity contribution is 7.92. The van der Waals surface area contributed by atoms with Crippen LogP contribution in [0.15, 0.2) is 78.9 Å². The topological polar surface area (TPSA) is 86.8 Å². The van der Waals surface area contributed by atoms with Gasteiger partial charge in [-0.1, -0.05) is 74.0 Å². The van der Waals surface area contributed by atoms with E-state index in [9.17, 15) is 22.4 Å². The molecule has 0 aliphatic rings. The van der Waals surface area contributed by atoms with Crippen LogP contribution in [0, 0.1) is 18.7 Å². The summed E-state index contributed by atoms with van der Waals surface area (Å²) in [5.74, 6) is -0.707.